The molecule has 142 valence electrons. The van der Waals surface area contributed by atoms with E-state index in [9.17, 15) is 31.9 Å². The summed E-state index contributed by atoms with van der Waals surface area (Å²) < 4.78 is 54.8. The van der Waals surface area contributed by atoms with Crippen LogP contribution in [0.15, 0.2) is 48.5 Å². The average molecular weight is 383 g/mol. The molecule has 0 saturated carbocycles. The van der Waals surface area contributed by atoms with Gasteiger partial charge in [-0.25, -0.2) is 4.39 Å². The molecule has 0 aliphatic heterocycles. The number of amides is 1. The number of esters is 1. The summed E-state index contributed by atoms with van der Waals surface area (Å²) in [6.07, 6.45) is -4.52. The van der Waals surface area contributed by atoms with Gasteiger partial charge in [0.25, 0.3) is 5.91 Å². The summed E-state index contributed by atoms with van der Waals surface area (Å²) in [5, 5.41) is 2.17. The molecule has 0 atom stereocenters. The van der Waals surface area contributed by atoms with E-state index in [0.717, 1.165) is 36.4 Å². The van der Waals surface area contributed by atoms with Crippen LogP contribution in [-0.4, -0.2) is 30.8 Å². The van der Waals surface area contributed by atoms with Crippen molar-refractivity contribution >= 4 is 17.7 Å². The lowest BCUT2D eigenvalue weighted by atomic mass is 10.1. The number of carbonyl (C=O) groups excluding carboxylic acids is 3. The summed E-state index contributed by atoms with van der Waals surface area (Å²) >= 11 is 0. The molecule has 0 saturated heterocycles. The topological polar surface area (TPSA) is 72.5 Å². The number of hydrogen-bond acceptors (Lipinski definition) is 4. The minimum absolute atomic E-state index is 0.0711. The second kappa shape index (κ2) is 8.43. The Kier molecular flexibility index (Phi) is 6.27. The highest BCUT2D eigenvalue weighted by molar-refractivity contribution is 5.98. The zero-order valence-electron chi connectivity index (χ0n) is 13.7. The fourth-order valence-electron chi connectivity index (χ4n) is 1.98. The van der Waals surface area contributed by atoms with E-state index in [1.54, 1.807) is 0 Å². The Morgan fingerprint density at radius 3 is 2.00 bits per heavy atom. The maximum Gasteiger partial charge on any atom is 0.416 e. The Balaban J connectivity index is 1.80. The van der Waals surface area contributed by atoms with E-state index in [0.29, 0.717) is 0 Å². The normalized spacial score (nSPS) is 11.0. The van der Waals surface area contributed by atoms with Gasteiger partial charge in [0.1, 0.15) is 12.4 Å². The molecule has 0 spiro atoms. The molecule has 0 fully saturated rings. The predicted molar refractivity (Wildman–Crippen MR) is 85.5 cm³/mol. The van der Waals surface area contributed by atoms with Crippen molar-refractivity contribution in [1.82, 2.24) is 5.32 Å². The molecule has 0 heterocycles. The van der Waals surface area contributed by atoms with Crippen LogP contribution >= 0.6 is 0 Å². The second-order valence-electron chi connectivity index (χ2n) is 5.35. The molecule has 2 rings (SSSR count). The molecule has 0 radical (unpaired) electrons. The second-order valence-corrected chi connectivity index (χ2v) is 5.35. The summed E-state index contributed by atoms with van der Waals surface area (Å²) in [6, 6.07) is 8.07. The van der Waals surface area contributed by atoms with Gasteiger partial charge in [-0.05, 0) is 48.5 Å². The number of ether oxygens (including phenoxy) is 1. The SMILES string of the molecule is O=C(CNC(=O)c1ccc(C(F)(F)F)cc1)OCC(=O)c1ccc(F)cc1. The van der Waals surface area contributed by atoms with E-state index in [1.165, 1.54) is 12.1 Å². The van der Waals surface area contributed by atoms with Crippen molar-refractivity contribution in [3.63, 3.8) is 0 Å². The Bertz CT molecular complexity index is 830. The molecule has 27 heavy (non-hydrogen) atoms. The number of Topliss-reactive ketones (excluding diaryl/α,β-unsaturated/α-hetero) is 1. The van der Waals surface area contributed by atoms with Gasteiger partial charge in [-0.2, -0.15) is 13.2 Å². The van der Waals surface area contributed by atoms with Crippen LogP contribution in [0.5, 0.6) is 0 Å². The van der Waals surface area contributed by atoms with Crippen molar-refractivity contribution in [2.75, 3.05) is 13.2 Å². The number of nitrogens with one attached hydrogen (secondary N) is 1. The lowest BCUT2D eigenvalue weighted by Crippen LogP contribution is -2.31. The van der Waals surface area contributed by atoms with Gasteiger partial charge in [0.2, 0.25) is 0 Å². The predicted octanol–water partition coefficient (Wildman–Crippen LogP) is 3.00. The summed E-state index contributed by atoms with van der Waals surface area (Å²) in [4.78, 5) is 35.1. The first-order valence-corrected chi connectivity index (χ1v) is 7.56. The number of benzene rings is 2. The fourth-order valence-corrected chi connectivity index (χ4v) is 1.98. The molecule has 0 unspecified atom stereocenters. The van der Waals surface area contributed by atoms with Gasteiger partial charge in [0.05, 0.1) is 5.56 Å². The third kappa shape index (κ3) is 5.91. The summed E-state index contributed by atoms with van der Waals surface area (Å²) in [6.45, 7) is -1.17. The lowest BCUT2D eigenvalue weighted by Gasteiger charge is -2.08. The van der Waals surface area contributed by atoms with Crippen molar-refractivity contribution in [2.24, 2.45) is 0 Å². The molecule has 1 N–H and O–H groups in total. The smallest absolute Gasteiger partial charge is 0.416 e. The number of rotatable bonds is 6. The maximum absolute atomic E-state index is 12.8. The van der Waals surface area contributed by atoms with Crippen LogP contribution in [0, 0.1) is 5.82 Å². The Morgan fingerprint density at radius 2 is 1.44 bits per heavy atom. The molecule has 0 aliphatic rings. The van der Waals surface area contributed by atoms with Crippen molar-refractivity contribution in [3.05, 3.63) is 71.0 Å². The van der Waals surface area contributed by atoms with Gasteiger partial charge >= 0.3 is 12.1 Å². The summed E-state index contributed by atoms with van der Waals surface area (Å²) in [7, 11) is 0. The lowest BCUT2D eigenvalue weighted by molar-refractivity contribution is -0.141. The average Bonchev–Trinajstić information content (AvgIpc) is 2.64. The van der Waals surface area contributed by atoms with E-state index in [2.05, 4.69) is 5.32 Å². The zero-order valence-corrected chi connectivity index (χ0v) is 13.7. The first kappa shape index (κ1) is 20.1. The van der Waals surface area contributed by atoms with Crippen LogP contribution in [0.25, 0.3) is 0 Å². The summed E-state index contributed by atoms with van der Waals surface area (Å²) in [5.74, 6) is -2.76. The monoisotopic (exact) mass is 383 g/mol. The van der Waals surface area contributed by atoms with Crippen molar-refractivity contribution in [3.8, 4) is 0 Å². The fraction of sp³-hybridized carbons (Fsp3) is 0.167. The molecular formula is C18H13F4NO4. The van der Waals surface area contributed by atoms with Gasteiger partial charge in [-0.15, -0.1) is 0 Å². The first-order chi connectivity index (χ1) is 12.7. The van der Waals surface area contributed by atoms with Crippen molar-refractivity contribution in [2.45, 2.75) is 6.18 Å². The third-order valence-electron chi connectivity index (χ3n) is 3.40. The Hall–Kier alpha value is -3.23. The van der Waals surface area contributed by atoms with Crippen molar-refractivity contribution in [1.29, 1.82) is 0 Å². The number of carbonyl (C=O) groups is 3. The van der Waals surface area contributed by atoms with Crippen LogP contribution < -0.4 is 5.32 Å². The van der Waals surface area contributed by atoms with Crippen LogP contribution in [0.1, 0.15) is 26.3 Å². The van der Waals surface area contributed by atoms with E-state index < -0.39 is 48.4 Å². The van der Waals surface area contributed by atoms with Crippen LogP contribution in [-0.2, 0) is 15.7 Å². The molecular weight excluding hydrogens is 370 g/mol. The molecule has 0 bridgehead atoms. The van der Waals surface area contributed by atoms with Gasteiger partial charge in [-0.3, -0.25) is 14.4 Å². The molecule has 9 heteroatoms. The third-order valence-corrected chi connectivity index (χ3v) is 3.40. The zero-order chi connectivity index (χ0) is 20.0. The number of alkyl halides is 3. The van der Waals surface area contributed by atoms with Gasteiger partial charge in [0.15, 0.2) is 12.4 Å². The minimum Gasteiger partial charge on any atom is -0.456 e. The number of ketones is 1. The molecule has 0 aliphatic carbocycles. The van der Waals surface area contributed by atoms with Crippen molar-refractivity contribution < 1.29 is 36.7 Å². The Labute approximate surface area is 150 Å². The van der Waals surface area contributed by atoms with Gasteiger partial charge < -0.3 is 10.1 Å². The largest absolute Gasteiger partial charge is 0.456 e. The van der Waals surface area contributed by atoms with E-state index in [-0.39, 0.29) is 11.1 Å². The van der Waals surface area contributed by atoms with Gasteiger partial charge in [0, 0.05) is 11.1 Å². The highest BCUT2D eigenvalue weighted by Gasteiger charge is 2.30. The molecule has 5 nitrogen and oxygen atoms in total. The summed E-state index contributed by atoms with van der Waals surface area (Å²) in [5.41, 5.74) is -0.825. The minimum atomic E-state index is -4.52. The number of halogens is 4. The standard InChI is InChI=1S/C18H13F4NO4/c19-14-7-3-11(4-8-14)15(24)10-27-16(25)9-23-17(26)12-1-5-13(6-2-12)18(20,21)22/h1-8H,9-10H2,(H,23,26). The molecule has 2 aromatic carbocycles. The molecule has 1 amide bonds. The molecule has 0 aromatic heterocycles. The maximum atomic E-state index is 12.8. The highest BCUT2D eigenvalue weighted by atomic mass is 19.4. The quantitative estimate of drug-likeness (QED) is 0.473. The van der Waals surface area contributed by atoms with E-state index in [1.807, 2.05) is 0 Å². The first-order valence-electron chi connectivity index (χ1n) is 7.56. The highest BCUT2D eigenvalue weighted by Crippen LogP contribution is 2.29. The Morgan fingerprint density at radius 1 is 0.889 bits per heavy atom. The van der Waals surface area contributed by atoms with Gasteiger partial charge in [-0.1, -0.05) is 0 Å². The molecule has 2 aromatic rings. The van der Waals surface area contributed by atoms with E-state index in [4.69, 9.17) is 4.74 Å². The van der Waals surface area contributed by atoms with E-state index >= 15 is 0 Å². The van der Waals surface area contributed by atoms with Crippen LogP contribution in [0.2, 0.25) is 0 Å². The van der Waals surface area contributed by atoms with Crippen LogP contribution in [0.3, 0.4) is 0 Å². The number of hydrogen-bond donors (Lipinski definition) is 1. The van der Waals surface area contributed by atoms with Crippen LogP contribution in [0.4, 0.5) is 17.6 Å².